The number of aliphatic hydroxyl groups is 1. The monoisotopic (exact) mass is 277 g/mol. The molecule has 2 aromatic carbocycles. The molecule has 2 atom stereocenters. The SMILES string of the molecule is C#CC1(O)CC(c2ccccc2)NC(c2ccccc2)C1. The smallest absolute Gasteiger partial charge is 0.128 e. The third-order valence-electron chi connectivity index (χ3n) is 4.16. The van der Waals surface area contributed by atoms with Crippen molar-refractivity contribution in [1.29, 1.82) is 0 Å². The molecule has 1 aliphatic heterocycles. The third kappa shape index (κ3) is 3.00. The third-order valence-corrected chi connectivity index (χ3v) is 4.16. The lowest BCUT2D eigenvalue weighted by molar-refractivity contribution is 0.0309. The summed E-state index contributed by atoms with van der Waals surface area (Å²) in [6.07, 6.45) is 6.67. The van der Waals surface area contributed by atoms with E-state index >= 15 is 0 Å². The van der Waals surface area contributed by atoms with Crippen LogP contribution in [0.5, 0.6) is 0 Å². The molecule has 2 heteroatoms. The van der Waals surface area contributed by atoms with Crippen molar-refractivity contribution in [3.8, 4) is 12.3 Å². The Morgan fingerprint density at radius 3 is 1.71 bits per heavy atom. The first kappa shape index (κ1) is 13.9. The predicted octanol–water partition coefficient (Wildman–Crippen LogP) is 3.22. The van der Waals surface area contributed by atoms with Gasteiger partial charge in [-0.2, -0.15) is 0 Å². The van der Waals surface area contributed by atoms with Crippen molar-refractivity contribution in [2.45, 2.75) is 30.5 Å². The molecule has 0 amide bonds. The Bertz CT molecular complexity index is 582. The van der Waals surface area contributed by atoms with Gasteiger partial charge in [-0.1, -0.05) is 66.6 Å². The summed E-state index contributed by atoms with van der Waals surface area (Å²) in [5, 5.41) is 14.3. The highest BCUT2D eigenvalue weighted by molar-refractivity contribution is 5.28. The van der Waals surface area contributed by atoms with E-state index in [0.29, 0.717) is 12.8 Å². The minimum absolute atomic E-state index is 0.0613. The van der Waals surface area contributed by atoms with Gasteiger partial charge < -0.3 is 10.4 Å². The summed E-state index contributed by atoms with van der Waals surface area (Å²) in [6, 6.07) is 20.4. The summed E-state index contributed by atoms with van der Waals surface area (Å²) in [6.45, 7) is 0. The number of hydrogen-bond donors (Lipinski definition) is 2. The van der Waals surface area contributed by atoms with E-state index in [1.165, 1.54) is 0 Å². The Balaban J connectivity index is 1.92. The summed E-state index contributed by atoms with van der Waals surface area (Å²) in [7, 11) is 0. The topological polar surface area (TPSA) is 32.3 Å². The van der Waals surface area contributed by atoms with Crippen LogP contribution in [0, 0.1) is 12.3 Å². The fourth-order valence-electron chi connectivity index (χ4n) is 3.04. The van der Waals surface area contributed by atoms with Crippen molar-refractivity contribution in [1.82, 2.24) is 5.32 Å². The highest BCUT2D eigenvalue weighted by atomic mass is 16.3. The molecule has 0 saturated carbocycles. The number of hydrogen-bond acceptors (Lipinski definition) is 2. The first-order valence-corrected chi connectivity index (χ1v) is 7.26. The zero-order chi connectivity index (χ0) is 14.7. The molecule has 1 aliphatic rings. The Hall–Kier alpha value is -2.08. The van der Waals surface area contributed by atoms with Crippen molar-refractivity contribution in [3.05, 3.63) is 71.8 Å². The Morgan fingerprint density at radius 2 is 1.33 bits per heavy atom. The fourth-order valence-corrected chi connectivity index (χ4v) is 3.04. The number of rotatable bonds is 2. The van der Waals surface area contributed by atoms with Crippen LogP contribution in [-0.4, -0.2) is 10.7 Å². The number of piperidine rings is 1. The van der Waals surface area contributed by atoms with Gasteiger partial charge in [0.25, 0.3) is 0 Å². The molecule has 2 N–H and O–H groups in total. The van der Waals surface area contributed by atoms with Gasteiger partial charge in [0, 0.05) is 24.9 Å². The minimum Gasteiger partial charge on any atom is -0.377 e. The average molecular weight is 277 g/mol. The molecule has 1 fully saturated rings. The quantitative estimate of drug-likeness (QED) is 0.826. The predicted molar refractivity (Wildman–Crippen MR) is 84.5 cm³/mol. The highest BCUT2D eigenvalue weighted by Crippen LogP contribution is 2.38. The molecular formula is C19H19NO. The van der Waals surface area contributed by atoms with E-state index in [1.54, 1.807) is 0 Å². The van der Waals surface area contributed by atoms with E-state index in [-0.39, 0.29) is 12.1 Å². The Morgan fingerprint density at radius 1 is 0.905 bits per heavy atom. The molecule has 0 spiro atoms. The van der Waals surface area contributed by atoms with Crippen molar-refractivity contribution < 1.29 is 5.11 Å². The maximum absolute atomic E-state index is 10.7. The van der Waals surface area contributed by atoms with E-state index < -0.39 is 5.60 Å². The summed E-state index contributed by atoms with van der Waals surface area (Å²) in [4.78, 5) is 0. The molecule has 3 rings (SSSR count). The summed E-state index contributed by atoms with van der Waals surface area (Å²) >= 11 is 0. The molecule has 0 bridgehead atoms. The van der Waals surface area contributed by atoms with Crippen LogP contribution in [0.4, 0.5) is 0 Å². The van der Waals surface area contributed by atoms with Gasteiger partial charge >= 0.3 is 0 Å². The lowest BCUT2D eigenvalue weighted by Gasteiger charge is -2.40. The van der Waals surface area contributed by atoms with Crippen LogP contribution in [-0.2, 0) is 0 Å². The largest absolute Gasteiger partial charge is 0.377 e. The Kier molecular flexibility index (Phi) is 3.79. The second-order valence-corrected chi connectivity index (χ2v) is 5.68. The van der Waals surface area contributed by atoms with E-state index in [9.17, 15) is 5.11 Å². The van der Waals surface area contributed by atoms with Crippen molar-refractivity contribution >= 4 is 0 Å². The maximum atomic E-state index is 10.7. The van der Waals surface area contributed by atoms with Gasteiger partial charge in [0.2, 0.25) is 0 Å². The molecule has 2 aromatic rings. The lowest BCUT2D eigenvalue weighted by Crippen LogP contribution is -2.44. The molecule has 0 aromatic heterocycles. The molecule has 1 saturated heterocycles. The maximum Gasteiger partial charge on any atom is 0.128 e. The number of nitrogens with one attached hydrogen (secondary N) is 1. The zero-order valence-corrected chi connectivity index (χ0v) is 11.9. The van der Waals surface area contributed by atoms with Crippen LogP contribution >= 0.6 is 0 Å². The molecule has 0 aliphatic carbocycles. The van der Waals surface area contributed by atoms with E-state index in [4.69, 9.17) is 6.42 Å². The summed E-state index contributed by atoms with van der Waals surface area (Å²) < 4.78 is 0. The highest BCUT2D eigenvalue weighted by Gasteiger charge is 2.38. The Labute approximate surface area is 125 Å². The van der Waals surface area contributed by atoms with Crippen LogP contribution in [0.25, 0.3) is 0 Å². The van der Waals surface area contributed by atoms with Crippen LogP contribution in [0.2, 0.25) is 0 Å². The van der Waals surface area contributed by atoms with Gasteiger partial charge in [-0.05, 0) is 11.1 Å². The van der Waals surface area contributed by atoms with E-state index in [0.717, 1.165) is 11.1 Å². The minimum atomic E-state index is -1.06. The second-order valence-electron chi connectivity index (χ2n) is 5.68. The molecule has 106 valence electrons. The zero-order valence-electron chi connectivity index (χ0n) is 11.9. The van der Waals surface area contributed by atoms with Crippen molar-refractivity contribution in [2.24, 2.45) is 0 Å². The number of benzene rings is 2. The molecule has 0 radical (unpaired) electrons. The first-order chi connectivity index (χ1) is 10.2. The molecule has 1 heterocycles. The van der Waals surface area contributed by atoms with Crippen LogP contribution in [0.1, 0.15) is 36.1 Å². The van der Waals surface area contributed by atoms with Gasteiger partial charge in [0.1, 0.15) is 5.60 Å². The lowest BCUT2D eigenvalue weighted by atomic mass is 9.80. The standard InChI is InChI=1S/C19H19NO/c1-2-19(21)13-17(15-9-5-3-6-10-15)20-18(14-19)16-11-7-4-8-12-16/h1,3-12,17-18,20-21H,13-14H2. The van der Waals surface area contributed by atoms with Crippen LogP contribution in [0.3, 0.4) is 0 Å². The molecule has 2 nitrogen and oxygen atoms in total. The van der Waals surface area contributed by atoms with Gasteiger partial charge in [0.05, 0.1) is 0 Å². The molecular weight excluding hydrogens is 258 g/mol. The fraction of sp³-hybridized carbons (Fsp3) is 0.263. The van der Waals surface area contributed by atoms with Gasteiger partial charge in [-0.15, -0.1) is 6.42 Å². The number of terminal acetylenes is 1. The van der Waals surface area contributed by atoms with Crippen LogP contribution < -0.4 is 5.32 Å². The second kappa shape index (κ2) is 5.73. The normalized spacial score (nSPS) is 28.8. The van der Waals surface area contributed by atoms with Gasteiger partial charge in [-0.25, -0.2) is 0 Å². The van der Waals surface area contributed by atoms with Crippen molar-refractivity contribution in [3.63, 3.8) is 0 Å². The van der Waals surface area contributed by atoms with Crippen LogP contribution in [0.15, 0.2) is 60.7 Å². The van der Waals surface area contributed by atoms with E-state index in [1.807, 2.05) is 36.4 Å². The molecule has 2 unspecified atom stereocenters. The van der Waals surface area contributed by atoms with Crippen molar-refractivity contribution in [2.75, 3.05) is 0 Å². The average Bonchev–Trinajstić information content (AvgIpc) is 2.56. The van der Waals surface area contributed by atoms with Gasteiger partial charge in [-0.3, -0.25) is 0 Å². The van der Waals surface area contributed by atoms with E-state index in [2.05, 4.69) is 35.5 Å². The first-order valence-electron chi connectivity index (χ1n) is 7.26. The summed E-state index contributed by atoms with van der Waals surface area (Å²) in [5.74, 6) is 2.60. The molecule has 21 heavy (non-hydrogen) atoms. The summed E-state index contributed by atoms with van der Waals surface area (Å²) in [5.41, 5.74) is 1.25. The van der Waals surface area contributed by atoms with Gasteiger partial charge in [0.15, 0.2) is 0 Å².